The molecule has 0 spiro atoms. The van der Waals surface area contributed by atoms with Gasteiger partial charge in [0.25, 0.3) is 11.8 Å². The Bertz CT molecular complexity index is 1350. The Balaban J connectivity index is 1.57. The number of hydrazone groups is 1. The standard InChI is InChI=1S/C26H24Cl2IN3O6/c1-35-21-7-5-16(10-22(21)36-2)26(34)30-13-24(33)32-31-12-15-8-20(29)25(23(9-15)37-3)38-14-17-4-6-18(27)11-19(17)28/h4-12H,13-14H2,1-3H3,(H,30,34)(H,32,33). The Hall–Kier alpha value is -3.22. The van der Waals surface area contributed by atoms with Crippen LogP contribution in [0.2, 0.25) is 10.0 Å². The topological polar surface area (TPSA) is 107 Å². The monoisotopic (exact) mass is 671 g/mol. The second-order valence-corrected chi connectivity index (χ2v) is 9.61. The number of ether oxygens (including phenoxy) is 4. The van der Waals surface area contributed by atoms with Crippen molar-refractivity contribution in [2.24, 2.45) is 5.10 Å². The first kappa shape index (κ1) is 29.3. The number of benzene rings is 3. The Labute approximate surface area is 243 Å². The van der Waals surface area contributed by atoms with E-state index in [1.807, 2.05) is 6.07 Å². The lowest BCUT2D eigenvalue weighted by atomic mass is 10.2. The summed E-state index contributed by atoms with van der Waals surface area (Å²) in [6.07, 6.45) is 1.46. The zero-order chi connectivity index (χ0) is 27.7. The van der Waals surface area contributed by atoms with Crippen LogP contribution in [0, 0.1) is 3.57 Å². The zero-order valence-corrected chi connectivity index (χ0v) is 24.3. The van der Waals surface area contributed by atoms with E-state index in [1.54, 1.807) is 36.4 Å². The third-order valence-electron chi connectivity index (χ3n) is 5.10. The van der Waals surface area contributed by atoms with Crippen molar-refractivity contribution in [1.29, 1.82) is 0 Å². The molecule has 0 aromatic heterocycles. The molecular weight excluding hydrogens is 648 g/mol. The lowest BCUT2D eigenvalue weighted by Crippen LogP contribution is -2.34. The lowest BCUT2D eigenvalue weighted by molar-refractivity contribution is -0.120. The van der Waals surface area contributed by atoms with Crippen molar-refractivity contribution in [3.63, 3.8) is 0 Å². The average molecular weight is 672 g/mol. The van der Waals surface area contributed by atoms with E-state index in [0.717, 1.165) is 9.13 Å². The number of halogens is 3. The van der Waals surface area contributed by atoms with E-state index < -0.39 is 11.8 Å². The fourth-order valence-electron chi connectivity index (χ4n) is 3.20. The predicted molar refractivity (Wildman–Crippen MR) is 154 cm³/mol. The highest BCUT2D eigenvalue weighted by molar-refractivity contribution is 14.1. The van der Waals surface area contributed by atoms with Gasteiger partial charge in [0.1, 0.15) is 6.61 Å². The number of carbonyl (C=O) groups excluding carboxylic acids is 2. The smallest absolute Gasteiger partial charge is 0.259 e. The van der Waals surface area contributed by atoms with E-state index in [4.69, 9.17) is 42.1 Å². The molecule has 3 aromatic rings. The van der Waals surface area contributed by atoms with Crippen LogP contribution in [0.15, 0.2) is 53.6 Å². The van der Waals surface area contributed by atoms with Crippen LogP contribution in [0.5, 0.6) is 23.0 Å². The third-order valence-corrected chi connectivity index (χ3v) is 6.49. The summed E-state index contributed by atoms with van der Waals surface area (Å²) in [5.74, 6) is 0.976. The predicted octanol–water partition coefficient (Wildman–Crippen LogP) is 5.08. The van der Waals surface area contributed by atoms with Gasteiger partial charge in [-0.2, -0.15) is 5.10 Å². The molecule has 38 heavy (non-hydrogen) atoms. The van der Waals surface area contributed by atoms with Crippen LogP contribution >= 0.6 is 45.8 Å². The molecule has 2 N–H and O–H groups in total. The van der Waals surface area contributed by atoms with Crippen LogP contribution in [-0.2, 0) is 11.4 Å². The van der Waals surface area contributed by atoms with Crippen LogP contribution in [0.3, 0.4) is 0 Å². The minimum atomic E-state index is -0.503. The van der Waals surface area contributed by atoms with Crippen molar-refractivity contribution in [3.8, 4) is 23.0 Å². The van der Waals surface area contributed by atoms with Crippen molar-refractivity contribution in [3.05, 3.63) is 78.8 Å². The molecule has 0 unspecified atom stereocenters. The largest absolute Gasteiger partial charge is 0.493 e. The molecule has 0 saturated heterocycles. The fraction of sp³-hybridized carbons (Fsp3) is 0.192. The summed E-state index contributed by atoms with van der Waals surface area (Å²) in [6.45, 7) is -0.0493. The van der Waals surface area contributed by atoms with Gasteiger partial charge in [0, 0.05) is 21.2 Å². The second-order valence-electron chi connectivity index (χ2n) is 7.60. The molecule has 0 aliphatic heterocycles. The molecule has 0 heterocycles. The molecule has 200 valence electrons. The van der Waals surface area contributed by atoms with Gasteiger partial charge in [0.05, 0.1) is 37.7 Å². The van der Waals surface area contributed by atoms with Gasteiger partial charge in [0.15, 0.2) is 23.0 Å². The van der Waals surface area contributed by atoms with E-state index in [1.165, 1.54) is 33.6 Å². The first-order chi connectivity index (χ1) is 18.2. The normalized spacial score (nSPS) is 10.7. The lowest BCUT2D eigenvalue weighted by Gasteiger charge is -2.14. The maximum atomic E-state index is 12.4. The van der Waals surface area contributed by atoms with Gasteiger partial charge >= 0.3 is 0 Å². The average Bonchev–Trinajstić information content (AvgIpc) is 2.91. The summed E-state index contributed by atoms with van der Waals surface area (Å²) in [5, 5.41) is 7.54. The Morgan fingerprint density at radius 1 is 0.947 bits per heavy atom. The SMILES string of the molecule is COc1ccc(C(=O)NCC(=O)NN=Cc2cc(I)c(OCc3ccc(Cl)cc3Cl)c(OC)c2)cc1OC. The van der Waals surface area contributed by atoms with Crippen molar-refractivity contribution in [2.75, 3.05) is 27.9 Å². The first-order valence-electron chi connectivity index (χ1n) is 11.0. The Kier molecular flexibility index (Phi) is 10.9. The van der Waals surface area contributed by atoms with E-state index in [0.29, 0.717) is 44.2 Å². The summed E-state index contributed by atoms with van der Waals surface area (Å²) >= 11 is 14.3. The van der Waals surface area contributed by atoms with Crippen LogP contribution in [0.1, 0.15) is 21.5 Å². The third kappa shape index (κ3) is 7.89. The molecule has 12 heteroatoms. The first-order valence-corrected chi connectivity index (χ1v) is 12.9. The van der Waals surface area contributed by atoms with Gasteiger partial charge in [-0.05, 0) is 70.6 Å². The number of hydrogen-bond donors (Lipinski definition) is 2. The molecule has 9 nitrogen and oxygen atoms in total. The highest BCUT2D eigenvalue weighted by Gasteiger charge is 2.14. The van der Waals surface area contributed by atoms with Crippen LogP contribution < -0.4 is 29.7 Å². The number of hydrogen-bond acceptors (Lipinski definition) is 7. The van der Waals surface area contributed by atoms with Gasteiger partial charge in [-0.1, -0.05) is 29.3 Å². The van der Waals surface area contributed by atoms with Gasteiger partial charge < -0.3 is 24.3 Å². The number of nitrogens with zero attached hydrogens (tertiary/aromatic N) is 1. The minimum absolute atomic E-state index is 0.223. The minimum Gasteiger partial charge on any atom is -0.493 e. The summed E-state index contributed by atoms with van der Waals surface area (Å²) in [7, 11) is 4.50. The highest BCUT2D eigenvalue weighted by atomic mass is 127. The van der Waals surface area contributed by atoms with Crippen LogP contribution in [0.25, 0.3) is 0 Å². The van der Waals surface area contributed by atoms with Crippen molar-refractivity contribution < 1.29 is 28.5 Å². The van der Waals surface area contributed by atoms with E-state index >= 15 is 0 Å². The molecule has 0 aliphatic carbocycles. The highest BCUT2D eigenvalue weighted by Crippen LogP contribution is 2.35. The van der Waals surface area contributed by atoms with Crippen molar-refractivity contribution in [2.45, 2.75) is 6.61 Å². The van der Waals surface area contributed by atoms with E-state index in [-0.39, 0.29) is 13.2 Å². The second kappa shape index (κ2) is 14.1. The fourth-order valence-corrected chi connectivity index (χ4v) is 4.45. The molecule has 0 fully saturated rings. The summed E-state index contributed by atoms with van der Waals surface area (Å²) < 4.78 is 22.5. The zero-order valence-electron chi connectivity index (χ0n) is 20.6. The number of methoxy groups -OCH3 is 3. The molecule has 3 aromatic carbocycles. The molecule has 0 atom stereocenters. The molecule has 0 bridgehead atoms. The van der Waals surface area contributed by atoms with Gasteiger partial charge in [-0.25, -0.2) is 5.43 Å². The Morgan fingerprint density at radius 2 is 1.68 bits per heavy atom. The number of carbonyl (C=O) groups is 2. The van der Waals surface area contributed by atoms with E-state index in [9.17, 15) is 9.59 Å². The number of nitrogens with one attached hydrogen (secondary N) is 2. The number of rotatable bonds is 11. The van der Waals surface area contributed by atoms with Crippen LogP contribution in [0.4, 0.5) is 0 Å². The maximum Gasteiger partial charge on any atom is 0.259 e. The van der Waals surface area contributed by atoms with Crippen molar-refractivity contribution in [1.82, 2.24) is 10.7 Å². The van der Waals surface area contributed by atoms with E-state index in [2.05, 4.69) is 38.4 Å². The Morgan fingerprint density at radius 3 is 2.37 bits per heavy atom. The quantitative estimate of drug-likeness (QED) is 0.167. The molecule has 2 amide bonds. The van der Waals surface area contributed by atoms with Gasteiger partial charge in [-0.3, -0.25) is 9.59 Å². The molecule has 0 saturated carbocycles. The van der Waals surface area contributed by atoms with Crippen molar-refractivity contribution >= 4 is 63.8 Å². The molecule has 3 rings (SSSR count). The molecule has 0 aliphatic rings. The number of amides is 2. The van der Waals surface area contributed by atoms with Gasteiger partial charge in [0.2, 0.25) is 0 Å². The summed E-state index contributed by atoms with van der Waals surface area (Å²) in [6, 6.07) is 13.4. The summed E-state index contributed by atoms with van der Waals surface area (Å²) in [5.41, 5.74) is 4.14. The van der Waals surface area contributed by atoms with Gasteiger partial charge in [-0.15, -0.1) is 0 Å². The summed E-state index contributed by atoms with van der Waals surface area (Å²) in [4.78, 5) is 24.5. The van der Waals surface area contributed by atoms with Crippen LogP contribution in [-0.4, -0.2) is 45.9 Å². The molecular formula is C26H24Cl2IN3O6. The molecule has 0 radical (unpaired) electrons. The maximum absolute atomic E-state index is 12.4.